The van der Waals surface area contributed by atoms with Gasteiger partial charge in [-0.15, -0.1) is 11.3 Å². The number of carbonyl (C=O) groups excluding carboxylic acids is 1. The Labute approximate surface area is 113 Å². The SMILES string of the molecule is Cc1ncsc1CN(C)C(=O)CC(N)C(C)(C)C. The van der Waals surface area contributed by atoms with Crippen molar-refractivity contribution in [1.82, 2.24) is 9.88 Å². The second-order valence-electron chi connectivity index (χ2n) is 5.79. The van der Waals surface area contributed by atoms with Gasteiger partial charge in [-0.1, -0.05) is 20.8 Å². The zero-order valence-electron chi connectivity index (χ0n) is 11.9. The van der Waals surface area contributed by atoms with Gasteiger partial charge in [0.05, 0.1) is 17.7 Å². The first kappa shape index (κ1) is 15.1. The van der Waals surface area contributed by atoms with E-state index in [1.807, 2.05) is 19.5 Å². The molecule has 0 aromatic carbocycles. The average Bonchev–Trinajstić information content (AvgIpc) is 2.62. The minimum Gasteiger partial charge on any atom is -0.340 e. The van der Waals surface area contributed by atoms with Crippen LogP contribution < -0.4 is 5.73 Å². The lowest BCUT2D eigenvalue weighted by Gasteiger charge is -2.28. The first-order valence-electron chi connectivity index (χ1n) is 6.10. The maximum atomic E-state index is 12.1. The highest BCUT2D eigenvalue weighted by molar-refractivity contribution is 7.09. The van der Waals surface area contributed by atoms with Crippen LogP contribution in [-0.2, 0) is 11.3 Å². The van der Waals surface area contributed by atoms with Crippen molar-refractivity contribution >= 4 is 17.2 Å². The standard InChI is InChI=1S/C13H23N3OS/c1-9-10(18-8-15-9)7-16(5)12(17)6-11(14)13(2,3)4/h8,11H,6-7,14H2,1-5H3. The van der Waals surface area contributed by atoms with E-state index in [-0.39, 0.29) is 17.4 Å². The molecule has 1 heterocycles. The molecular weight excluding hydrogens is 246 g/mol. The molecule has 4 nitrogen and oxygen atoms in total. The molecule has 1 atom stereocenters. The van der Waals surface area contributed by atoms with Gasteiger partial charge in [0.15, 0.2) is 0 Å². The van der Waals surface area contributed by atoms with Crippen LogP contribution >= 0.6 is 11.3 Å². The van der Waals surface area contributed by atoms with Crippen molar-refractivity contribution in [2.24, 2.45) is 11.1 Å². The maximum Gasteiger partial charge on any atom is 0.224 e. The molecule has 1 amide bonds. The van der Waals surface area contributed by atoms with Crippen LogP contribution in [0.15, 0.2) is 5.51 Å². The van der Waals surface area contributed by atoms with Crippen LogP contribution in [0.3, 0.4) is 0 Å². The lowest BCUT2D eigenvalue weighted by Crippen LogP contribution is -2.40. The van der Waals surface area contributed by atoms with Crippen molar-refractivity contribution in [2.45, 2.75) is 46.7 Å². The van der Waals surface area contributed by atoms with E-state index in [0.717, 1.165) is 10.6 Å². The second kappa shape index (κ2) is 5.80. The third-order valence-electron chi connectivity index (χ3n) is 3.16. The molecule has 1 rings (SSSR count). The summed E-state index contributed by atoms with van der Waals surface area (Å²) in [5.41, 5.74) is 8.80. The molecule has 18 heavy (non-hydrogen) atoms. The minimum atomic E-state index is -0.116. The van der Waals surface area contributed by atoms with Crippen molar-refractivity contribution in [3.05, 3.63) is 16.1 Å². The first-order chi connectivity index (χ1) is 8.21. The third-order valence-corrected chi connectivity index (χ3v) is 4.08. The van der Waals surface area contributed by atoms with E-state index in [1.54, 1.807) is 16.2 Å². The summed E-state index contributed by atoms with van der Waals surface area (Å²) in [6.45, 7) is 8.74. The Bertz CT molecular complexity index is 409. The fourth-order valence-corrected chi connectivity index (χ4v) is 2.26. The van der Waals surface area contributed by atoms with Gasteiger partial charge in [-0.25, -0.2) is 4.98 Å². The minimum absolute atomic E-state index is 0.0447. The normalized spacial score (nSPS) is 13.4. The maximum absolute atomic E-state index is 12.1. The highest BCUT2D eigenvalue weighted by Crippen LogP contribution is 2.21. The van der Waals surface area contributed by atoms with Crippen LogP contribution in [0, 0.1) is 12.3 Å². The Balaban J connectivity index is 2.55. The summed E-state index contributed by atoms with van der Waals surface area (Å²) in [5, 5.41) is 0. The van der Waals surface area contributed by atoms with Crippen molar-refractivity contribution in [3.63, 3.8) is 0 Å². The van der Waals surface area contributed by atoms with Crippen LogP contribution in [0.25, 0.3) is 0 Å². The van der Waals surface area contributed by atoms with Gasteiger partial charge in [0.25, 0.3) is 0 Å². The number of nitrogens with two attached hydrogens (primary N) is 1. The van der Waals surface area contributed by atoms with E-state index in [2.05, 4.69) is 25.8 Å². The molecule has 0 radical (unpaired) electrons. The molecule has 0 aliphatic heterocycles. The van der Waals surface area contributed by atoms with Crippen molar-refractivity contribution in [1.29, 1.82) is 0 Å². The van der Waals surface area contributed by atoms with Crippen LogP contribution in [0.4, 0.5) is 0 Å². The summed E-state index contributed by atoms with van der Waals surface area (Å²) in [5.74, 6) is 0.0882. The number of aryl methyl sites for hydroxylation is 1. The molecule has 0 aliphatic rings. The fraction of sp³-hybridized carbons (Fsp3) is 0.692. The van der Waals surface area contributed by atoms with E-state index in [1.165, 1.54) is 0 Å². The lowest BCUT2D eigenvalue weighted by atomic mass is 9.85. The van der Waals surface area contributed by atoms with Gasteiger partial charge in [0.1, 0.15) is 0 Å². The fourth-order valence-electron chi connectivity index (χ4n) is 1.43. The molecule has 0 saturated carbocycles. The Morgan fingerprint density at radius 1 is 1.56 bits per heavy atom. The van der Waals surface area contributed by atoms with Crippen LogP contribution in [0.2, 0.25) is 0 Å². The summed E-state index contributed by atoms with van der Waals surface area (Å²) in [7, 11) is 1.82. The monoisotopic (exact) mass is 269 g/mol. The highest BCUT2D eigenvalue weighted by atomic mass is 32.1. The van der Waals surface area contributed by atoms with E-state index >= 15 is 0 Å². The smallest absolute Gasteiger partial charge is 0.224 e. The largest absolute Gasteiger partial charge is 0.340 e. The van der Waals surface area contributed by atoms with Gasteiger partial charge in [0.2, 0.25) is 5.91 Å². The molecule has 0 bridgehead atoms. The predicted octanol–water partition coefficient (Wildman–Crippen LogP) is 2.17. The van der Waals surface area contributed by atoms with E-state index in [9.17, 15) is 4.79 Å². The Kier molecular flexibility index (Phi) is 4.87. The number of nitrogens with zero attached hydrogens (tertiary/aromatic N) is 2. The number of amides is 1. The number of aromatic nitrogens is 1. The van der Waals surface area contributed by atoms with Crippen molar-refractivity contribution in [2.75, 3.05) is 7.05 Å². The van der Waals surface area contributed by atoms with Gasteiger partial charge >= 0.3 is 0 Å². The molecule has 1 aromatic heterocycles. The molecule has 0 aliphatic carbocycles. The van der Waals surface area contributed by atoms with Gasteiger partial charge in [-0.05, 0) is 12.3 Å². The first-order valence-corrected chi connectivity index (χ1v) is 6.98. The molecule has 1 aromatic rings. The van der Waals surface area contributed by atoms with Crippen molar-refractivity contribution in [3.8, 4) is 0 Å². The zero-order valence-corrected chi connectivity index (χ0v) is 12.7. The van der Waals surface area contributed by atoms with Crippen LogP contribution in [-0.4, -0.2) is 28.9 Å². The molecule has 1 unspecified atom stereocenters. The Morgan fingerprint density at radius 3 is 2.61 bits per heavy atom. The number of thiazole rings is 1. The molecule has 0 saturated heterocycles. The van der Waals surface area contributed by atoms with Gasteiger partial charge < -0.3 is 10.6 Å². The van der Waals surface area contributed by atoms with Gasteiger partial charge in [-0.3, -0.25) is 4.79 Å². The third kappa shape index (κ3) is 4.07. The number of hydrogen-bond donors (Lipinski definition) is 1. The predicted molar refractivity (Wildman–Crippen MR) is 75.4 cm³/mol. The summed E-state index contributed by atoms with van der Waals surface area (Å²) >= 11 is 1.58. The van der Waals surface area contributed by atoms with E-state index in [4.69, 9.17) is 5.73 Å². The summed E-state index contributed by atoms with van der Waals surface area (Å²) in [6, 6.07) is -0.116. The van der Waals surface area contributed by atoms with Gasteiger partial charge in [0, 0.05) is 24.4 Å². The highest BCUT2D eigenvalue weighted by Gasteiger charge is 2.24. The Hall–Kier alpha value is -0.940. The van der Waals surface area contributed by atoms with Gasteiger partial charge in [-0.2, -0.15) is 0 Å². The number of rotatable bonds is 4. The van der Waals surface area contributed by atoms with Crippen LogP contribution in [0.1, 0.15) is 37.8 Å². The van der Waals surface area contributed by atoms with Crippen molar-refractivity contribution < 1.29 is 4.79 Å². The molecule has 102 valence electrons. The molecule has 5 heteroatoms. The summed E-state index contributed by atoms with van der Waals surface area (Å²) in [4.78, 5) is 19.1. The molecule has 0 spiro atoms. The quantitative estimate of drug-likeness (QED) is 0.911. The molecular formula is C13H23N3OS. The van der Waals surface area contributed by atoms with E-state index < -0.39 is 0 Å². The Morgan fingerprint density at radius 2 is 2.17 bits per heavy atom. The molecule has 0 fully saturated rings. The topological polar surface area (TPSA) is 59.2 Å². The average molecular weight is 269 g/mol. The summed E-state index contributed by atoms with van der Waals surface area (Å²) < 4.78 is 0. The number of hydrogen-bond acceptors (Lipinski definition) is 4. The summed E-state index contributed by atoms with van der Waals surface area (Å²) in [6.07, 6.45) is 0.387. The zero-order chi connectivity index (χ0) is 13.9. The number of carbonyl (C=O) groups is 1. The second-order valence-corrected chi connectivity index (χ2v) is 6.73. The van der Waals surface area contributed by atoms with Crippen LogP contribution in [0.5, 0.6) is 0 Å². The molecule has 2 N–H and O–H groups in total. The van der Waals surface area contributed by atoms with E-state index in [0.29, 0.717) is 13.0 Å². The lowest BCUT2D eigenvalue weighted by molar-refractivity contribution is -0.131.